The third kappa shape index (κ3) is 3.64. The van der Waals surface area contributed by atoms with E-state index in [1.807, 2.05) is 67.4 Å². The van der Waals surface area contributed by atoms with Gasteiger partial charge >= 0.3 is 0 Å². The molecule has 0 saturated heterocycles. The third-order valence-electron chi connectivity index (χ3n) is 4.66. The van der Waals surface area contributed by atoms with Crippen LogP contribution in [0.15, 0.2) is 55.0 Å². The van der Waals surface area contributed by atoms with Gasteiger partial charge in [0.2, 0.25) is 0 Å². The quantitative estimate of drug-likeness (QED) is 0.526. The summed E-state index contributed by atoms with van der Waals surface area (Å²) in [4.78, 5) is 17.7. The van der Waals surface area contributed by atoms with Gasteiger partial charge < -0.3 is 5.32 Å². The van der Waals surface area contributed by atoms with E-state index in [4.69, 9.17) is 4.98 Å². The second-order valence-corrected chi connectivity index (χ2v) is 6.75. The van der Waals surface area contributed by atoms with E-state index >= 15 is 0 Å². The fraction of sp³-hybridized carbons (Fsp3) is 0.238. The highest BCUT2D eigenvalue weighted by atomic mass is 16.1. The third-order valence-corrected chi connectivity index (χ3v) is 4.66. The summed E-state index contributed by atoms with van der Waals surface area (Å²) in [6, 6.07) is 11.5. The highest BCUT2D eigenvalue weighted by molar-refractivity contribution is 6.07. The first-order chi connectivity index (χ1) is 13.6. The molecule has 7 nitrogen and oxygen atoms in total. The van der Waals surface area contributed by atoms with Crippen molar-refractivity contribution in [1.82, 2.24) is 29.9 Å². The number of nitrogens with zero attached hydrogens (tertiary/aromatic N) is 5. The summed E-state index contributed by atoms with van der Waals surface area (Å²) in [7, 11) is 1.88. The molecule has 1 amide bonds. The number of aryl methyl sites for hydroxylation is 3. The largest absolute Gasteiger partial charge is 0.352 e. The van der Waals surface area contributed by atoms with Crippen LogP contribution in [0.1, 0.15) is 22.5 Å². The summed E-state index contributed by atoms with van der Waals surface area (Å²) >= 11 is 0. The van der Waals surface area contributed by atoms with E-state index in [-0.39, 0.29) is 5.91 Å². The lowest BCUT2D eigenvalue weighted by molar-refractivity contribution is 0.0954. The Balaban J connectivity index is 1.59. The van der Waals surface area contributed by atoms with Crippen LogP contribution in [-0.2, 0) is 13.6 Å². The van der Waals surface area contributed by atoms with Gasteiger partial charge in [0.15, 0.2) is 0 Å². The summed E-state index contributed by atoms with van der Waals surface area (Å²) in [6.07, 6.45) is 6.41. The maximum Gasteiger partial charge on any atom is 0.252 e. The molecule has 0 saturated carbocycles. The fourth-order valence-corrected chi connectivity index (χ4v) is 3.32. The topological polar surface area (TPSA) is 77.6 Å². The van der Waals surface area contributed by atoms with Gasteiger partial charge in [-0.15, -0.1) is 0 Å². The van der Waals surface area contributed by atoms with E-state index in [1.54, 1.807) is 10.9 Å². The van der Waals surface area contributed by atoms with Gasteiger partial charge in [-0.1, -0.05) is 18.2 Å². The number of para-hydroxylation sites is 1. The molecule has 0 aliphatic carbocycles. The SMILES string of the molecule is Cc1nn(C)cc1-c1cc(C(=O)NCCCn2cccn2)c2ccccc2n1. The number of fused-ring (bicyclic) bond motifs is 1. The van der Waals surface area contributed by atoms with E-state index < -0.39 is 0 Å². The van der Waals surface area contributed by atoms with Crippen LogP contribution in [0.5, 0.6) is 0 Å². The van der Waals surface area contributed by atoms with Crippen LogP contribution >= 0.6 is 0 Å². The Morgan fingerprint density at radius 3 is 2.82 bits per heavy atom. The molecule has 28 heavy (non-hydrogen) atoms. The molecule has 0 aliphatic rings. The Hall–Kier alpha value is -3.48. The molecule has 4 aromatic rings. The molecule has 142 valence electrons. The maximum absolute atomic E-state index is 12.9. The Kier molecular flexibility index (Phi) is 4.89. The van der Waals surface area contributed by atoms with E-state index in [2.05, 4.69) is 15.5 Å². The van der Waals surface area contributed by atoms with Crippen molar-refractivity contribution in [1.29, 1.82) is 0 Å². The molecule has 1 aromatic carbocycles. The second kappa shape index (κ2) is 7.64. The van der Waals surface area contributed by atoms with Gasteiger partial charge in [0.25, 0.3) is 5.91 Å². The number of hydrogen-bond acceptors (Lipinski definition) is 4. The number of carbonyl (C=O) groups is 1. The van der Waals surface area contributed by atoms with Gasteiger partial charge in [-0.25, -0.2) is 4.98 Å². The van der Waals surface area contributed by atoms with Gasteiger partial charge in [-0.05, 0) is 31.5 Å². The fourth-order valence-electron chi connectivity index (χ4n) is 3.32. The van der Waals surface area contributed by atoms with Crippen molar-refractivity contribution in [3.05, 3.63) is 66.2 Å². The van der Waals surface area contributed by atoms with Gasteiger partial charge in [0.05, 0.1) is 22.5 Å². The predicted molar refractivity (Wildman–Crippen MR) is 108 cm³/mol. The maximum atomic E-state index is 12.9. The molecule has 0 radical (unpaired) electrons. The average molecular weight is 374 g/mol. The van der Waals surface area contributed by atoms with Crippen molar-refractivity contribution in [3.8, 4) is 11.3 Å². The number of pyridine rings is 1. The summed E-state index contributed by atoms with van der Waals surface area (Å²) in [6.45, 7) is 3.29. The zero-order valence-corrected chi connectivity index (χ0v) is 16.0. The van der Waals surface area contributed by atoms with Crippen LogP contribution < -0.4 is 5.32 Å². The van der Waals surface area contributed by atoms with Gasteiger partial charge in [-0.2, -0.15) is 10.2 Å². The van der Waals surface area contributed by atoms with Crippen LogP contribution in [0.25, 0.3) is 22.2 Å². The molecule has 3 heterocycles. The first kappa shape index (κ1) is 17.9. The highest BCUT2D eigenvalue weighted by Crippen LogP contribution is 2.26. The number of carbonyl (C=O) groups excluding carboxylic acids is 1. The Bertz CT molecular complexity index is 1110. The summed E-state index contributed by atoms with van der Waals surface area (Å²) in [5.74, 6) is -0.0955. The predicted octanol–water partition coefficient (Wildman–Crippen LogP) is 2.96. The minimum atomic E-state index is -0.0955. The van der Waals surface area contributed by atoms with Gasteiger partial charge in [-0.3, -0.25) is 14.2 Å². The molecular weight excluding hydrogens is 352 g/mol. The van der Waals surface area contributed by atoms with Crippen molar-refractivity contribution >= 4 is 16.8 Å². The first-order valence-corrected chi connectivity index (χ1v) is 9.28. The first-order valence-electron chi connectivity index (χ1n) is 9.28. The average Bonchev–Trinajstić information content (AvgIpc) is 3.33. The molecule has 0 aliphatic heterocycles. The van der Waals surface area contributed by atoms with Crippen molar-refractivity contribution < 1.29 is 4.79 Å². The van der Waals surface area contributed by atoms with Crippen LogP contribution in [0, 0.1) is 6.92 Å². The molecule has 3 aromatic heterocycles. The van der Waals surface area contributed by atoms with Crippen molar-refractivity contribution in [3.63, 3.8) is 0 Å². The van der Waals surface area contributed by atoms with Gasteiger partial charge in [0, 0.05) is 49.7 Å². The highest BCUT2D eigenvalue weighted by Gasteiger charge is 2.15. The molecular formula is C21H22N6O. The van der Waals surface area contributed by atoms with E-state index in [1.165, 1.54) is 0 Å². The van der Waals surface area contributed by atoms with Gasteiger partial charge in [0.1, 0.15) is 0 Å². The van der Waals surface area contributed by atoms with Crippen molar-refractivity contribution in [2.24, 2.45) is 7.05 Å². The monoisotopic (exact) mass is 374 g/mol. The molecule has 1 N–H and O–H groups in total. The summed E-state index contributed by atoms with van der Waals surface area (Å²) in [5.41, 5.74) is 4.00. The van der Waals surface area contributed by atoms with Crippen LogP contribution in [-0.4, -0.2) is 37.0 Å². The van der Waals surface area contributed by atoms with Crippen molar-refractivity contribution in [2.75, 3.05) is 6.54 Å². The Morgan fingerprint density at radius 2 is 2.07 bits per heavy atom. The smallest absolute Gasteiger partial charge is 0.252 e. The Labute approximate surface area is 163 Å². The van der Waals surface area contributed by atoms with E-state index in [0.29, 0.717) is 12.1 Å². The lowest BCUT2D eigenvalue weighted by Gasteiger charge is -2.10. The zero-order chi connectivity index (χ0) is 19.5. The minimum absolute atomic E-state index is 0.0955. The summed E-state index contributed by atoms with van der Waals surface area (Å²) < 4.78 is 3.62. The molecule has 0 fully saturated rings. The normalized spacial score (nSPS) is 11.1. The molecule has 0 unspecified atom stereocenters. The number of benzene rings is 1. The standard InChI is InChI=1S/C21H22N6O/c1-15-18(14-26(2)25-15)20-13-17(16-7-3-4-8-19(16)24-20)21(28)22-9-5-11-27-12-6-10-23-27/h3-4,6-8,10,12-14H,5,9,11H2,1-2H3,(H,22,28). The van der Waals surface area contributed by atoms with Crippen LogP contribution in [0.2, 0.25) is 0 Å². The minimum Gasteiger partial charge on any atom is -0.352 e. The van der Waals surface area contributed by atoms with E-state index in [9.17, 15) is 4.79 Å². The van der Waals surface area contributed by atoms with Crippen LogP contribution in [0.3, 0.4) is 0 Å². The number of rotatable bonds is 6. The molecule has 7 heteroatoms. The molecule has 4 rings (SSSR count). The summed E-state index contributed by atoms with van der Waals surface area (Å²) in [5, 5.41) is 12.4. The zero-order valence-electron chi connectivity index (χ0n) is 16.0. The van der Waals surface area contributed by atoms with Crippen molar-refractivity contribution in [2.45, 2.75) is 19.9 Å². The lowest BCUT2D eigenvalue weighted by atomic mass is 10.0. The van der Waals surface area contributed by atoms with Crippen LogP contribution in [0.4, 0.5) is 0 Å². The lowest BCUT2D eigenvalue weighted by Crippen LogP contribution is -2.25. The molecule has 0 bridgehead atoms. The number of amides is 1. The Morgan fingerprint density at radius 1 is 1.21 bits per heavy atom. The number of nitrogens with one attached hydrogen (secondary N) is 1. The molecule has 0 spiro atoms. The number of hydrogen-bond donors (Lipinski definition) is 1. The number of aromatic nitrogens is 5. The molecule has 0 atom stereocenters. The second-order valence-electron chi connectivity index (χ2n) is 6.75. The van der Waals surface area contributed by atoms with E-state index in [0.717, 1.165) is 40.8 Å².